The maximum atomic E-state index is 11.8. The lowest BCUT2D eigenvalue weighted by Gasteiger charge is -2.31. The van der Waals surface area contributed by atoms with Gasteiger partial charge in [-0.2, -0.15) is 0 Å². The third-order valence-corrected chi connectivity index (χ3v) is 5.68. The van der Waals surface area contributed by atoms with Gasteiger partial charge in [-0.1, -0.05) is 6.92 Å². The van der Waals surface area contributed by atoms with Gasteiger partial charge in [-0.05, 0) is 33.1 Å². The number of nitrogens with one attached hydrogen (secondary N) is 2. The molecule has 0 bridgehead atoms. The van der Waals surface area contributed by atoms with E-state index in [2.05, 4.69) is 17.6 Å². The first-order valence-electron chi connectivity index (χ1n) is 7.39. The number of hydrogen-bond acceptors (Lipinski definition) is 4. The van der Waals surface area contributed by atoms with Crippen LogP contribution in [0.4, 0.5) is 0 Å². The zero-order valence-corrected chi connectivity index (χ0v) is 13.5. The Bertz CT molecular complexity index is 403. The number of rotatable bonds is 7. The van der Waals surface area contributed by atoms with Gasteiger partial charge >= 0.3 is 0 Å². The standard InChI is InChI=1S/C13H27N3O3S/c1-4-11(3)14-10-13(17)15-12-6-8-16(9-7-12)20(18,19)5-2/h11-12,14H,4-10H2,1-3H3,(H,15,17). The van der Waals surface area contributed by atoms with Gasteiger partial charge in [-0.15, -0.1) is 0 Å². The van der Waals surface area contributed by atoms with Crippen LogP contribution in [0.2, 0.25) is 0 Å². The van der Waals surface area contributed by atoms with Crippen molar-refractivity contribution in [2.24, 2.45) is 0 Å². The molecule has 1 aliphatic heterocycles. The molecule has 2 N–H and O–H groups in total. The fourth-order valence-corrected chi connectivity index (χ4v) is 3.28. The number of sulfonamides is 1. The average molecular weight is 305 g/mol. The summed E-state index contributed by atoms with van der Waals surface area (Å²) in [6, 6.07) is 0.418. The smallest absolute Gasteiger partial charge is 0.234 e. The molecule has 1 saturated heterocycles. The summed E-state index contributed by atoms with van der Waals surface area (Å²) in [6.45, 7) is 7.09. The first-order chi connectivity index (χ1) is 9.39. The van der Waals surface area contributed by atoms with E-state index in [0.717, 1.165) is 6.42 Å². The molecule has 0 spiro atoms. The zero-order chi connectivity index (χ0) is 15.2. The summed E-state index contributed by atoms with van der Waals surface area (Å²) >= 11 is 0. The zero-order valence-electron chi connectivity index (χ0n) is 12.7. The molecule has 20 heavy (non-hydrogen) atoms. The van der Waals surface area contributed by atoms with E-state index in [1.807, 2.05) is 6.92 Å². The number of hydrogen-bond donors (Lipinski definition) is 2. The third kappa shape index (κ3) is 5.38. The second kappa shape index (κ2) is 7.95. The largest absolute Gasteiger partial charge is 0.352 e. The van der Waals surface area contributed by atoms with Crippen LogP contribution in [0.1, 0.15) is 40.0 Å². The highest BCUT2D eigenvalue weighted by Gasteiger charge is 2.27. The number of carbonyl (C=O) groups is 1. The van der Waals surface area contributed by atoms with E-state index >= 15 is 0 Å². The fraction of sp³-hybridized carbons (Fsp3) is 0.923. The number of carbonyl (C=O) groups excluding carboxylic acids is 1. The minimum atomic E-state index is -3.09. The molecule has 0 aliphatic carbocycles. The Kier molecular flexibility index (Phi) is 6.91. The van der Waals surface area contributed by atoms with Gasteiger partial charge in [-0.25, -0.2) is 12.7 Å². The molecule has 1 amide bonds. The minimum Gasteiger partial charge on any atom is -0.352 e. The Morgan fingerprint density at radius 3 is 2.40 bits per heavy atom. The van der Waals surface area contributed by atoms with Crippen LogP contribution in [0.5, 0.6) is 0 Å². The van der Waals surface area contributed by atoms with Crippen molar-refractivity contribution >= 4 is 15.9 Å². The lowest BCUT2D eigenvalue weighted by Crippen LogP contribution is -2.49. The first-order valence-corrected chi connectivity index (χ1v) is 9.00. The number of piperidine rings is 1. The predicted molar refractivity (Wildman–Crippen MR) is 80.0 cm³/mol. The maximum Gasteiger partial charge on any atom is 0.234 e. The maximum absolute atomic E-state index is 11.8. The molecule has 1 heterocycles. The molecule has 1 atom stereocenters. The Labute approximate surface area is 122 Å². The quantitative estimate of drug-likeness (QED) is 0.709. The molecule has 1 fully saturated rings. The van der Waals surface area contributed by atoms with Gasteiger partial charge in [-0.3, -0.25) is 4.79 Å². The highest BCUT2D eigenvalue weighted by atomic mass is 32.2. The summed E-state index contributed by atoms with van der Waals surface area (Å²) in [4.78, 5) is 11.8. The highest BCUT2D eigenvalue weighted by molar-refractivity contribution is 7.89. The molecular formula is C13H27N3O3S. The van der Waals surface area contributed by atoms with Crippen molar-refractivity contribution in [3.8, 4) is 0 Å². The second-order valence-corrected chi connectivity index (χ2v) is 7.59. The summed E-state index contributed by atoms with van der Waals surface area (Å²) in [7, 11) is -3.09. The summed E-state index contributed by atoms with van der Waals surface area (Å²) < 4.78 is 25.0. The average Bonchev–Trinajstić information content (AvgIpc) is 2.45. The first kappa shape index (κ1) is 17.4. The van der Waals surface area contributed by atoms with Crippen LogP contribution >= 0.6 is 0 Å². The van der Waals surface area contributed by atoms with Crippen molar-refractivity contribution in [2.45, 2.75) is 52.1 Å². The molecule has 0 saturated carbocycles. The topological polar surface area (TPSA) is 78.5 Å². The molecule has 6 nitrogen and oxygen atoms in total. The molecule has 0 aromatic heterocycles. The Morgan fingerprint density at radius 1 is 1.30 bits per heavy atom. The molecule has 1 rings (SSSR count). The van der Waals surface area contributed by atoms with E-state index in [-0.39, 0.29) is 17.7 Å². The Balaban J connectivity index is 2.30. The van der Waals surface area contributed by atoms with Crippen LogP contribution in [0.3, 0.4) is 0 Å². The third-order valence-electron chi connectivity index (χ3n) is 3.80. The van der Waals surface area contributed by atoms with Crippen molar-refractivity contribution in [3.05, 3.63) is 0 Å². The molecule has 7 heteroatoms. The monoisotopic (exact) mass is 305 g/mol. The van der Waals surface area contributed by atoms with Crippen molar-refractivity contribution in [3.63, 3.8) is 0 Å². The second-order valence-electron chi connectivity index (χ2n) is 5.33. The van der Waals surface area contributed by atoms with E-state index in [1.165, 1.54) is 4.31 Å². The molecule has 0 radical (unpaired) electrons. The van der Waals surface area contributed by atoms with Crippen molar-refractivity contribution in [1.29, 1.82) is 0 Å². The summed E-state index contributed by atoms with van der Waals surface area (Å²) in [5.41, 5.74) is 0. The SMILES string of the molecule is CCC(C)NCC(=O)NC1CCN(S(=O)(=O)CC)CC1. The van der Waals surface area contributed by atoms with E-state index < -0.39 is 10.0 Å². The van der Waals surface area contributed by atoms with Crippen molar-refractivity contribution < 1.29 is 13.2 Å². The van der Waals surface area contributed by atoms with Crippen LogP contribution in [-0.4, -0.2) is 56.1 Å². The molecule has 1 aliphatic rings. The van der Waals surface area contributed by atoms with Crippen LogP contribution in [0.25, 0.3) is 0 Å². The highest BCUT2D eigenvalue weighted by Crippen LogP contribution is 2.14. The van der Waals surface area contributed by atoms with Crippen LogP contribution < -0.4 is 10.6 Å². The van der Waals surface area contributed by atoms with Gasteiger partial charge in [0.1, 0.15) is 0 Å². The fourth-order valence-electron chi connectivity index (χ4n) is 2.15. The van der Waals surface area contributed by atoms with Crippen LogP contribution in [0, 0.1) is 0 Å². The van der Waals surface area contributed by atoms with E-state index in [9.17, 15) is 13.2 Å². The van der Waals surface area contributed by atoms with Crippen molar-refractivity contribution in [1.82, 2.24) is 14.9 Å². The molecular weight excluding hydrogens is 278 g/mol. The van der Waals surface area contributed by atoms with Crippen LogP contribution in [0.15, 0.2) is 0 Å². The normalized spacial score (nSPS) is 19.8. The van der Waals surface area contributed by atoms with Gasteiger partial charge in [0.15, 0.2) is 0 Å². The molecule has 0 aromatic rings. The van der Waals surface area contributed by atoms with Crippen molar-refractivity contribution in [2.75, 3.05) is 25.4 Å². The molecule has 0 aromatic carbocycles. The van der Waals surface area contributed by atoms with Gasteiger partial charge in [0.2, 0.25) is 15.9 Å². The minimum absolute atomic E-state index is 0.0119. The number of nitrogens with zero attached hydrogens (tertiary/aromatic N) is 1. The summed E-state index contributed by atoms with van der Waals surface area (Å²) in [5.74, 6) is 0.130. The van der Waals surface area contributed by atoms with E-state index in [1.54, 1.807) is 6.92 Å². The Morgan fingerprint density at radius 2 is 1.90 bits per heavy atom. The van der Waals surface area contributed by atoms with Gasteiger partial charge in [0.05, 0.1) is 12.3 Å². The van der Waals surface area contributed by atoms with E-state index in [0.29, 0.717) is 38.5 Å². The van der Waals surface area contributed by atoms with E-state index in [4.69, 9.17) is 0 Å². The predicted octanol–water partition coefficient (Wildman–Crippen LogP) is 0.305. The van der Waals surface area contributed by atoms with Gasteiger partial charge in [0.25, 0.3) is 0 Å². The van der Waals surface area contributed by atoms with Gasteiger partial charge in [0, 0.05) is 25.2 Å². The number of amides is 1. The van der Waals surface area contributed by atoms with Gasteiger partial charge < -0.3 is 10.6 Å². The van der Waals surface area contributed by atoms with Crippen LogP contribution in [-0.2, 0) is 14.8 Å². The lowest BCUT2D eigenvalue weighted by molar-refractivity contribution is -0.121. The molecule has 118 valence electrons. The molecule has 1 unspecified atom stereocenters. The summed E-state index contributed by atoms with van der Waals surface area (Å²) in [5, 5.41) is 6.11. The Hall–Kier alpha value is -0.660. The summed E-state index contributed by atoms with van der Waals surface area (Å²) in [6.07, 6.45) is 2.36. The lowest BCUT2D eigenvalue weighted by atomic mass is 10.1.